The third-order valence-electron chi connectivity index (χ3n) is 6.42. The van der Waals surface area contributed by atoms with Crippen LogP contribution in [-0.4, -0.2) is 62.6 Å². The predicted octanol–water partition coefficient (Wildman–Crippen LogP) is 3.96. The van der Waals surface area contributed by atoms with Gasteiger partial charge in [0.05, 0.1) is 12.2 Å². The molecule has 3 aliphatic heterocycles. The molecule has 30 heavy (non-hydrogen) atoms. The zero-order valence-electron chi connectivity index (χ0n) is 19.0. The van der Waals surface area contributed by atoms with E-state index < -0.39 is 5.60 Å². The van der Waals surface area contributed by atoms with E-state index >= 15 is 0 Å². The van der Waals surface area contributed by atoms with Gasteiger partial charge in [0, 0.05) is 32.8 Å². The Morgan fingerprint density at radius 3 is 2.60 bits per heavy atom. The van der Waals surface area contributed by atoms with Crippen LogP contribution < -0.4 is 9.64 Å². The van der Waals surface area contributed by atoms with E-state index in [2.05, 4.69) is 17.9 Å². The normalized spacial score (nSPS) is 20.1. The summed E-state index contributed by atoms with van der Waals surface area (Å²) in [5, 5.41) is 0. The van der Waals surface area contributed by atoms with Gasteiger partial charge in [0.25, 0.3) is 0 Å². The molecule has 0 aliphatic carbocycles. The first-order valence-corrected chi connectivity index (χ1v) is 11.4. The predicted molar refractivity (Wildman–Crippen MR) is 118 cm³/mol. The van der Waals surface area contributed by atoms with Crippen molar-refractivity contribution in [3.05, 3.63) is 22.8 Å². The fourth-order valence-electron chi connectivity index (χ4n) is 4.88. The Balaban J connectivity index is 1.54. The molecule has 0 atom stereocenters. The van der Waals surface area contributed by atoms with E-state index in [4.69, 9.17) is 14.2 Å². The van der Waals surface area contributed by atoms with Gasteiger partial charge in [-0.25, -0.2) is 4.79 Å². The van der Waals surface area contributed by atoms with Crippen molar-refractivity contribution in [2.45, 2.75) is 59.0 Å². The summed E-state index contributed by atoms with van der Waals surface area (Å²) >= 11 is 0. The summed E-state index contributed by atoms with van der Waals surface area (Å²) in [7, 11) is 0. The lowest BCUT2D eigenvalue weighted by Gasteiger charge is -2.37. The average molecular weight is 417 g/mol. The SMILES string of the molecule is Cc1c2c(cc3c1N(CC1CCOCC1)CCO3)CCN(C(=O)OC(C)(C)C)CC2. The van der Waals surface area contributed by atoms with Gasteiger partial charge in [0.1, 0.15) is 18.0 Å². The van der Waals surface area contributed by atoms with Crippen LogP contribution in [0.3, 0.4) is 0 Å². The Hall–Kier alpha value is -1.95. The van der Waals surface area contributed by atoms with Crippen LogP contribution in [-0.2, 0) is 22.3 Å². The summed E-state index contributed by atoms with van der Waals surface area (Å²) in [4.78, 5) is 17.0. The number of rotatable bonds is 2. The maximum absolute atomic E-state index is 12.6. The molecule has 0 bridgehead atoms. The van der Waals surface area contributed by atoms with E-state index in [-0.39, 0.29) is 6.09 Å². The minimum Gasteiger partial charge on any atom is -0.490 e. The average Bonchev–Trinajstić information content (AvgIpc) is 2.91. The molecular formula is C24H36N2O4. The highest BCUT2D eigenvalue weighted by Crippen LogP contribution is 2.40. The molecule has 0 radical (unpaired) electrons. The number of benzene rings is 1. The van der Waals surface area contributed by atoms with E-state index in [9.17, 15) is 4.79 Å². The zero-order chi connectivity index (χ0) is 21.3. The molecule has 4 rings (SSSR count). The lowest BCUT2D eigenvalue weighted by atomic mass is 9.93. The van der Waals surface area contributed by atoms with Crippen LogP contribution in [0, 0.1) is 12.8 Å². The number of carbonyl (C=O) groups excluding carboxylic acids is 1. The van der Waals surface area contributed by atoms with Crippen LogP contribution in [0.5, 0.6) is 5.75 Å². The molecule has 1 aromatic rings. The number of hydrogen-bond acceptors (Lipinski definition) is 5. The number of ether oxygens (including phenoxy) is 3. The largest absolute Gasteiger partial charge is 0.490 e. The van der Waals surface area contributed by atoms with Crippen molar-refractivity contribution < 1.29 is 19.0 Å². The smallest absolute Gasteiger partial charge is 0.410 e. The Morgan fingerprint density at radius 2 is 1.87 bits per heavy atom. The highest BCUT2D eigenvalue weighted by molar-refractivity contribution is 5.71. The third kappa shape index (κ3) is 4.69. The molecule has 6 nitrogen and oxygen atoms in total. The van der Waals surface area contributed by atoms with Gasteiger partial charge in [-0.15, -0.1) is 0 Å². The van der Waals surface area contributed by atoms with Crippen LogP contribution in [0.4, 0.5) is 10.5 Å². The fraction of sp³-hybridized carbons (Fsp3) is 0.708. The molecule has 6 heteroatoms. The second-order valence-electron chi connectivity index (χ2n) is 9.80. The second kappa shape index (κ2) is 8.66. The van der Waals surface area contributed by atoms with Gasteiger partial charge in [-0.1, -0.05) is 0 Å². The Morgan fingerprint density at radius 1 is 1.13 bits per heavy atom. The standard InChI is InChI=1S/C24H36N2O4/c1-17-20-6-10-25(23(27)30-24(2,3)4)9-5-19(20)15-21-22(17)26(11-14-29-21)16-18-7-12-28-13-8-18/h15,18H,5-14,16H2,1-4H3. The number of nitrogens with zero attached hydrogens (tertiary/aromatic N) is 2. The van der Waals surface area contributed by atoms with Crippen molar-refractivity contribution in [1.82, 2.24) is 4.90 Å². The monoisotopic (exact) mass is 416 g/mol. The zero-order valence-corrected chi connectivity index (χ0v) is 19.0. The highest BCUT2D eigenvalue weighted by atomic mass is 16.6. The molecule has 1 amide bonds. The first kappa shape index (κ1) is 21.3. The van der Waals surface area contributed by atoms with Gasteiger partial charge >= 0.3 is 6.09 Å². The second-order valence-corrected chi connectivity index (χ2v) is 9.80. The number of amides is 1. The number of hydrogen-bond donors (Lipinski definition) is 0. The van der Waals surface area contributed by atoms with Crippen LogP contribution in [0.2, 0.25) is 0 Å². The topological polar surface area (TPSA) is 51.2 Å². The highest BCUT2D eigenvalue weighted by Gasteiger charge is 2.30. The van der Waals surface area contributed by atoms with Gasteiger partial charge in [-0.2, -0.15) is 0 Å². The molecule has 3 heterocycles. The summed E-state index contributed by atoms with van der Waals surface area (Å²) in [5.74, 6) is 1.70. The number of carbonyl (C=O) groups is 1. The van der Waals surface area contributed by atoms with Crippen molar-refractivity contribution in [3.63, 3.8) is 0 Å². The van der Waals surface area contributed by atoms with Gasteiger partial charge in [-0.3, -0.25) is 0 Å². The summed E-state index contributed by atoms with van der Waals surface area (Å²) < 4.78 is 17.3. The van der Waals surface area contributed by atoms with E-state index in [0.29, 0.717) is 19.0 Å². The van der Waals surface area contributed by atoms with Crippen molar-refractivity contribution in [3.8, 4) is 5.75 Å². The lowest BCUT2D eigenvalue weighted by molar-refractivity contribution is 0.0258. The first-order valence-electron chi connectivity index (χ1n) is 11.4. The Bertz CT molecular complexity index is 780. The van der Waals surface area contributed by atoms with Crippen molar-refractivity contribution in [1.29, 1.82) is 0 Å². The molecule has 0 unspecified atom stereocenters. The van der Waals surface area contributed by atoms with Crippen molar-refractivity contribution in [2.75, 3.05) is 50.9 Å². The molecule has 1 fully saturated rings. The molecule has 1 saturated heterocycles. The molecule has 0 spiro atoms. The molecule has 0 aromatic heterocycles. The fourth-order valence-corrected chi connectivity index (χ4v) is 4.88. The van der Waals surface area contributed by atoms with Gasteiger partial charge in [0.2, 0.25) is 0 Å². The van der Waals surface area contributed by atoms with E-state index in [0.717, 1.165) is 64.3 Å². The van der Waals surface area contributed by atoms with Gasteiger partial charge in [-0.05, 0) is 82.1 Å². The van der Waals surface area contributed by atoms with Crippen LogP contribution in [0.15, 0.2) is 6.07 Å². The molecule has 0 saturated carbocycles. The van der Waals surface area contributed by atoms with Crippen LogP contribution in [0.1, 0.15) is 50.3 Å². The Labute approximate surface area is 180 Å². The molecule has 166 valence electrons. The maximum atomic E-state index is 12.6. The van der Waals surface area contributed by atoms with E-state index in [1.807, 2.05) is 25.7 Å². The van der Waals surface area contributed by atoms with E-state index in [1.165, 1.54) is 22.4 Å². The lowest BCUT2D eigenvalue weighted by Crippen LogP contribution is -2.38. The quantitative estimate of drug-likeness (QED) is 0.731. The third-order valence-corrected chi connectivity index (χ3v) is 6.42. The first-order chi connectivity index (χ1) is 14.3. The van der Waals surface area contributed by atoms with Crippen LogP contribution in [0.25, 0.3) is 0 Å². The van der Waals surface area contributed by atoms with Gasteiger partial charge < -0.3 is 24.0 Å². The number of fused-ring (bicyclic) bond motifs is 2. The summed E-state index contributed by atoms with van der Waals surface area (Å²) in [6.45, 7) is 13.9. The molecular weight excluding hydrogens is 380 g/mol. The van der Waals surface area contributed by atoms with Crippen molar-refractivity contribution >= 4 is 11.8 Å². The van der Waals surface area contributed by atoms with E-state index in [1.54, 1.807) is 0 Å². The molecule has 0 N–H and O–H groups in total. The van der Waals surface area contributed by atoms with Gasteiger partial charge in [0.15, 0.2) is 0 Å². The maximum Gasteiger partial charge on any atom is 0.410 e. The number of anilines is 1. The van der Waals surface area contributed by atoms with Crippen molar-refractivity contribution in [2.24, 2.45) is 5.92 Å². The summed E-state index contributed by atoms with van der Waals surface area (Å²) in [6, 6.07) is 2.23. The molecule has 1 aromatic carbocycles. The minimum atomic E-state index is -0.469. The Kier molecular flexibility index (Phi) is 6.14. The summed E-state index contributed by atoms with van der Waals surface area (Å²) in [6.07, 6.45) is 3.77. The van der Waals surface area contributed by atoms with Crippen LogP contribution >= 0.6 is 0 Å². The molecule has 3 aliphatic rings. The summed E-state index contributed by atoms with van der Waals surface area (Å²) in [5.41, 5.74) is 4.80. The minimum absolute atomic E-state index is 0.213.